The van der Waals surface area contributed by atoms with Crippen LogP contribution in [0.4, 0.5) is 10.5 Å². The lowest BCUT2D eigenvalue weighted by molar-refractivity contribution is 0.250. The van der Waals surface area contributed by atoms with Crippen molar-refractivity contribution in [3.8, 4) is 11.8 Å². The molecule has 0 aliphatic heterocycles. The Morgan fingerprint density at radius 1 is 1.33 bits per heavy atom. The van der Waals surface area contributed by atoms with Crippen LogP contribution < -0.4 is 10.6 Å². The van der Waals surface area contributed by atoms with Crippen LogP contribution in [0.3, 0.4) is 0 Å². The minimum atomic E-state index is -0.218. The zero-order valence-corrected chi connectivity index (χ0v) is 10.7. The normalized spacial score (nSPS) is 9.56. The topological polar surface area (TPSA) is 61.4 Å². The fraction of sp³-hybridized carbons (Fsp3) is 0.357. The molecule has 0 saturated carbocycles. The number of amides is 2. The lowest BCUT2D eigenvalue weighted by Crippen LogP contribution is -2.34. The lowest BCUT2D eigenvalue weighted by atomic mass is 10.2. The molecule has 0 radical (unpaired) electrons. The average molecular weight is 246 g/mol. The molecule has 18 heavy (non-hydrogen) atoms. The first kappa shape index (κ1) is 14.1. The third kappa shape index (κ3) is 5.37. The highest BCUT2D eigenvalue weighted by atomic mass is 16.2. The number of hydrogen-bond acceptors (Lipinski definition) is 2. The molecule has 1 rings (SSSR count). The number of urea groups is 1. The Bertz CT molecular complexity index is 441. The van der Waals surface area contributed by atoms with Crippen LogP contribution in [-0.2, 0) is 0 Å². The number of rotatable bonds is 3. The van der Waals surface area contributed by atoms with Gasteiger partial charge in [-0.05, 0) is 38.1 Å². The van der Waals surface area contributed by atoms with E-state index in [1.807, 2.05) is 26.0 Å². The first-order valence-corrected chi connectivity index (χ1v) is 5.89. The average Bonchev–Trinajstić information content (AvgIpc) is 2.30. The van der Waals surface area contributed by atoms with E-state index in [-0.39, 0.29) is 18.7 Å². The summed E-state index contributed by atoms with van der Waals surface area (Å²) in [4.78, 5) is 11.4. The predicted molar refractivity (Wildman–Crippen MR) is 72.3 cm³/mol. The van der Waals surface area contributed by atoms with Crippen LogP contribution in [0.15, 0.2) is 24.3 Å². The van der Waals surface area contributed by atoms with Crippen molar-refractivity contribution in [1.82, 2.24) is 5.32 Å². The summed E-state index contributed by atoms with van der Waals surface area (Å²) in [5.74, 6) is 5.76. The van der Waals surface area contributed by atoms with Crippen molar-refractivity contribution in [2.45, 2.75) is 26.3 Å². The van der Waals surface area contributed by atoms with Gasteiger partial charge in [-0.25, -0.2) is 4.79 Å². The van der Waals surface area contributed by atoms with Gasteiger partial charge in [-0.15, -0.1) is 0 Å². The van der Waals surface area contributed by atoms with Crippen LogP contribution in [0.25, 0.3) is 0 Å². The fourth-order valence-corrected chi connectivity index (χ4v) is 1.29. The number of carbonyl (C=O) groups is 1. The van der Waals surface area contributed by atoms with Gasteiger partial charge < -0.3 is 15.7 Å². The van der Waals surface area contributed by atoms with Crippen LogP contribution in [0.5, 0.6) is 0 Å². The molecule has 4 heteroatoms. The van der Waals surface area contributed by atoms with Crippen LogP contribution in [0, 0.1) is 11.8 Å². The first-order chi connectivity index (χ1) is 8.61. The maximum Gasteiger partial charge on any atom is 0.319 e. The molecule has 2 amide bonds. The molecule has 0 aromatic heterocycles. The van der Waals surface area contributed by atoms with E-state index in [9.17, 15) is 4.79 Å². The largest absolute Gasteiger partial charge is 0.395 e. The van der Waals surface area contributed by atoms with E-state index in [2.05, 4.69) is 22.5 Å². The smallest absolute Gasteiger partial charge is 0.319 e. The SMILES string of the molecule is CC(C)NC(=O)Nc1ccc(C#CCCO)cc1. The molecule has 0 saturated heterocycles. The molecule has 0 aliphatic carbocycles. The van der Waals surface area contributed by atoms with Crippen molar-refractivity contribution in [1.29, 1.82) is 0 Å². The van der Waals surface area contributed by atoms with Gasteiger partial charge >= 0.3 is 6.03 Å². The van der Waals surface area contributed by atoms with Crippen molar-refractivity contribution in [2.24, 2.45) is 0 Å². The maximum atomic E-state index is 11.4. The molecule has 0 bridgehead atoms. The minimum Gasteiger partial charge on any atom is -0.395 e. The fourth-order valence-electron chi connectivity index (χ4n) is 1.29. The first-order valence-electron chi connectivity index (χ1n) is 5.89. The Labute approximate surface area is 107 Å². The van der Waals surface area contributed by atoms with E-state index < -0.39 is 0 Å². The molecular formula is C14H18N2O2. The summed E-state index contributed by atoms with van der Waals surface area (Å²) in [6.45, 7) is 3.88. The van der Waals surface area contributed by atoms with Gasteiger partial charge in [0.2, 0.25) is 0 Å². The Morgan fingerprint density at radius 3 is 2.56 bits per heavy atom. The Kier molecular flexibility index (Phi) is 5.75. The third-order valence-electron chi connectivity index (χ3n) is 2.03. The van der Waals surface area contributed by atoms with Crippen LogP contribution in [0.1, 0.15) is 25.8 Å². The second kappa shape index (κ2) is 7.36. The number of carbonyl (C=O) groups excluding carboxylic acids is 1. The molecular weight excluding hydrogens is 228 g/mol. The van der Waals surface area contributed by atoms with Gasteiger partial charge in [0, 0.05) is 23.7 Å². The number of aliphatic hydroxyl groups is 1. The van der Waals surface area contributed by atoms with E-state index in [1.54, 1.807) is 12.1 Å². The van der Waals surface area contributed by atoms with Crippen molar-refractivity contribution >= 4 is 11.7 Å². The number of anilines is 1. The summed E-state index contributed by atoms with van der Waals surface area (Å²) in [7, 11) is 0. The molecule has 0 aliphatic rings. The molecule has 0 fully saturated rings. The van der Waals surface area contributed by atoms with Gasteiger partial charge in [-0.2, -0.15) is 0 Å². The van der Waals surface area contributed by atoms with Gasteiger partial charge in [0.25, 0.3) is 0 Å². The van der Waals surface area contributed by atoms with E-state index in [0.717, 1.165) is 11.3 Å². The number of benzene rings is 1. The van der Waals surface area contributed by atoms with E-state index >= 15 is 0 Å². The second-order valence-corrected chi connectivity index (χ2v) is 4.11. The standard InChI is InChI=1S/C14H18N2O2/c1-11(2)15-14(18)16-13-8-6-12(7-9-13)5-3-4-10-17/h6-9,11,17H,4,10H2,1-2H3,(H2,15,16,18). The quantitative estimate of drug-likeness (QED) is 0.714. The molecule has 3 N–H and O–H groups in total. The van der Waals surface area contributed by atoms with Crippen LogP contribution >= 0.6 is 0 Å². The van der Waals surface area contributed by atoms with Gasteiger partial charge in [0.15, 0.2) is 0 Å². The van der Waals surface area contributed by atoms with Crippen molar-refractivity contribution < 1.29 is 9.90 Å². The van der Waals surface area contributed by atoms with Gasteiger partial charge in [0.05, 0.1) is 6.61 Å². The van der Waals surface area contributed by atoms with Gasteiger partial charge in [-0.1, -0.05) is 11.8 Å². The summed E-state index contributed by atoms with van der Waals surface area (Å²) in [5, 5.41) is 14.1. The highest BCUT2D eigenvalue weighted by Crippen LogP contribution is 2.08. The predicted octanol–water partition coefficient (Wildman–Crippen LogP) is 1.95. The number of hydrogen-bond donors (Lipinski definition) is 3. The van der Waals surface area contributed by atoms with E-state index in [1.165, 1.54) is 0 Å². The lowest BCUT2D eigenvalue weighted by Gasteiger charge is -2.09. The molecule has 0 heterocycles. The molecule has 1 aromatic rings. The Balaban J connectivity index is 2.56. The summed E-state index contributed by atoms with van der Waals surface area (Å²) in [6.07, 6.45) is 0.469. The number of nitrogens with one attached hydrogen (secondary N) is 2. The molecule has 1 aromatic carbocycles. The molecule has 0 atom stereocenters. The van der Waals surface area contributed by atoms with Crippen molar-refractivity contribution in [3.05, 3.63) is 29.8 Å². The Hall–Kier alpha value is -1.99. The summed E-state index contributed by atoms with van der Waals surface area (Å²) in [5.41, 5.74) is 1.58. The van der Waals surface area contributed by atoms with E-state index in [0.29, 0.717) is 6.42 Å². The zero-order valence-electron chi connectivity index (χ0n) is 10.7. The van der Waals surface area contributed by atoms with Crippen LogP contribution in [-0.4, -0.2) is 23.8 Å². The summed E-state index contributed by atoms with van der Waals surface area (Å²) >= 11 is 0. The minimum absolute atomic E-state index is 0.0714. The summed E-state index contributed by atoms with van der Waals surface area (Å²) < 4.78 is 0. The highest BCUT2D eigenvalue weighted by molar-refractivity contribution is 5.89. The van der Waals surface area contributed by atoms with Crippen molar-refractivity contribution in [2.75, 3.05) is 11.9 Å². The van der Waals surface area contributed by atoms with Gasteiger partial charge in [0.1, 0.15) is 0 Å². The monoisotopic (exact) mass is 246 g/mol. The number of aliphatic hydroxyl groups excluding tert-OH is 1. The second-order valence-electron chi connectivity index (χ2n) is 4.11. The molecule has 4 nitrogen and oxygen atoms in total. The molecule has 96 valence electrons. The zero-order chi connectivity index (χ0) is 13.4. The maximum absolute atomic E-state index is 11.4. The molecule has 0 unspecified atom stereocenters. The molecule has 0 spiro atoms. The highest BCUT2D eigenvalue weighted by Gasteiger charge is 2.02. The van der Waals surface area contributed by atoms with Crippen LogP contribution in [0.2, 0.25) is 0 Å². The summed E-state index contributed by atoms with van der Waals surface area (Å²) in [6, 6.07) is 7.13. The van der Waals surface area contributed by atoms with E-state index in [4.69, 9.17) is 5.11 Å². The Morgan fingerprint density at radius 2 is 2.00 bits per heavy atom. The third-order valence-corrected chi connectivity index (χ3v) is 2.03. The van der Waals surface area contributed by atoms with Crippen molar-refractivity contribution in [3.63, 3.8) is 0 Å². The van der Waals surface area contributed by atoms with Gasteiger partial charge in [-0.3, -0.25) is 0 Å².